The van der Waals surface area contributed by atoms with E-state index >= 15 is 0 Å². The summed E-state index contributed by atoms with van der Waals surface area (Å²) in [5, 5.41) is 0. The Hall–Kier alpha value is -1.89. The van der Waals surface area contributed by atoms with Crippen molar-refractivity contribution < 1.29 is 0 Å². The van der Waals surface area contributed by atoms with E-state index < -0.39 is 25.1 Å². The molecule has 6 nitrogen and oxygen atoms in total. The zero-order chi connectivity index (χ0) is 19.7. The highest BCUT2D eigenvalue weighted by Gasteiger charge is 2.32. The Balaban J connectivity index is 3.65. The van der Waals surface area contributed by atoms with E-state index in [1.807, 2.05) is 0 Å². The Bertz CT molecular complexity index is 723. The van der Waals surface area contributed by atoms with Gasteiger partial charge >= 0.3 is 17.1 Å². The second kappa shape index (κ2) is 10.3. The number of nitrogens with zero attached hydrogens (tertiary/aromatic N) is 3. The summed E-state index contributed by atoms with van der Waals surface area (Å²) in [6.07, 6.45) is 6.64. The van der Waals surface area contributed by atoms with E-state index in [2.05, 4.69) is 33.9 Å². The van der Waals surface area contributed by atoms with Crippen LogP contribution in [0, 0.1) is 0 Å². The Morgan fingerprint density at radius 3 is 1.38 bits per heavy atom. The molecule has 0 amide bonds. The van der Waals surface area contributed by atoms with E-state index in [4.69, 9.17) is 0 Å². The summed E-state index contributed by atoms with van der Waals surface area (Å²) in [6, 6.07) is 3.26. The molecule has 0 unspecified atom stereocenters. The van der Waals surface area contributed by atoms with Crippen LogP contribution in [-0.2, 0) is 19.3 Å². The van der Waals surface area contributed by atoms with E-state index in [-0.39, 0.29) is 13.1 Å². The summed E-state index contributed by atoms with van der Waals surface area (Å²) in [6.45, 7) is 13.9. The van der Waals surface area contributed by atoms with Crippen molar-refractivity contribution in [2.45, 2.75) is 77.4 Å². The van der Waals surface area contributed by atoms with E-state index in [0.717, 1.165) is 46.5 Å². The van der Waals surface area contributed by atoms with Crippen molar-refractivity contribution in [3.05, 3.63) is 56.8 Å². The Morgan fingerprint density at radius 2 is 1.08 bits per heavy atom. The molecule has 0 saturated carbocycles. The van der Waals surface area contributed by atoms with Gasteiger partial charge in [-0.2, -0.15) is 0 Å². The Kier molecular flexibility index (Phi) is 8.78. The molecule has 1 heterocycles. The summed E-state index contributed by atoms with van der Waals surface area (Å²) in [5.74, 6) is 0. The van der Waals surface area contributed by atoms with Crippen LogP contribution in [-0.4, -0.2) is 21.8 Å². The molecule has 1 aromatic heterocycles. The zero-order valence-electron chi connectivity index (χ0n) is 16.5. The van der Waals surface area contributed by atoms with Gasteiger partial charge in [0.2, 0.25) is 0 Å². The molecule has 0 spiro atoms. The van der Waals surface area contributed by atoms with Crippen molar-refractivity contribution in [3.63, 3.8) is 0 Å². The molecule has 1 rings (SSSR count). The molecule has 0 bridgehead atoms. The summed E-state index contributed by atoms with van der Waals surface area (Å²) >= 11 is 0. The number of allylic oxidation sites excluding steroid dienone is 2. The lowest BCUT2D eigenvalue weighted by Crippen LogP contribution is -2.57. The largest absolute Gasteiger partial charge is 0.336 e. The molecule has 0 fully saturated rings. The lowest BCUT2D eigenvalue weighted by atomic mass is 10.5. The van der Waals surface area contributed by atoms with Crippen molar-refractivity contribution in [2.75, 3.05) is 0 Å². The maximum absolute atomic E-state index is 12.9. The van der Waals surface area contributed by atoms with Gasteiger partial charge in [-0.1, -0.05) is 70.3 Å². The topological polar surface area (TPSA) is 66.0 Å². The van der Waals surface area contributed by atoms with Crippen molar-refractivity contribution >= 4 is 8.07 Å². The molecule has 0 radical (unpaired) electrons. The second-order valence-electron chi connectivity index (χ2n) is 6.98. The van der Waals surface area contributed by atoms with Crippen LogP contribution < -0.4 is 17.1 Å². The lowest BCUT2D eigenvalue weighted by molar-refractivity contribution is 0.505. The number of aromatic nitrogens is 3. The van der Waals surface area contributed by atoms with Gasteiger partial charge in [0.15, 0.2) is 0 Å². The molecule has 0 saturated heterocycles. The third-order valence-corrected chi connectivity index (χ3v) is 10.5. The predicted molar refractivity (Wildman–Crippen MR) is 111 cm³/mol. The van der Waals surface area contributed by atoms with Gasteiger partial charge in [-0.25, -0.2) is 28.1 Å². The first-order valence-electron chi connectivity index (χ1n) is 9.57. The van der Waals surface area contributed by atoms with Crippen LogP contribution in [0.15, 0.2) is 39.7 Å². The lowest BCUT2D eigenvalue weighted by Gasteiger charge is -2.31. The molecule has 0 aliphatic carbocycles. The summed E-state index contributed by atoms with van der Waals surface area (Å²) in [5.41, 5.74) is -1.62. The smallest absolute Gasteiger partial charge is 0.248 e. The second-order valence-corrected chi connectivity index (χ2v) is 11.8. The van der Waals surface area contributed by atoms with Crippen LogP contribution in [0.4, 0.5) is 0 Å². The molecule has 7 heteroatoms. The molecular formula is C19H33N3O3Si. The van der Waals surface area contributed by atoms with Crippen LogP contribution in [0.1, 0.15) is 40.0 Å². The fourth-order valence-electron chi connectivity index (χ4n) is 3.93. The SMILES string of the molecule is C=CCn1c(=O)n(CC=C)c(=O)n(C[Si](CCC)(CCC)CCC)c1=O. The first kappa shape index (κ1) is 22.1. The number of hydrogen-bond acceptors (Lipinski definition) is 3. The minimum absolute atomic E-state index is 0.0962. The summed E-state index contributed by atoms with van der Waals surface area (Å²) in [4.78, 5) is 38.3. The third-order valence-electron chi connectivity index (χ3n) is 4.84. The van der Waals surface area contributed by atoms with Crippen LogP contribution in [0.5, 0.6) is 0 Å². The number of rotatable bonds is 12. The van der Waals surface area contributed by atoms with Crippen LogP contribution in [0.2, 0.25) is 18.1 Å². The third kappa shape index (κ3) is 4.84. The molecular weight excluding hydrogens is 346 g/mol. The Morgan fingerprint density at radius 1 is 0.731 bits per heavy atom. The van der Waals surface area contributed by atoms with Gasteiger partial charge < -0.3 is 0 Å². The van der Waals surface area contributed by atoms with Crippen LogP contribution in [0.25, 0.3) is 0 Å². The van der Waals surface area contributed by atoms with Crippen molar-refractivity contribution in [3.8, 4) is 0 Å². The Labute approximate surface area is 156 Å². The van der Waals surface area contributed by atoms with Crippen LogP contribution in [0.3, 0.4) is 0 Å². The van der Waals surface area contributed by atoms with Gasteiger partial charge in [0, 0.05) is 6.17 Å². The van der Waals surface area contributed by atoms with Crippen molar-refractivity contribution in [1.82, 2.24) is 13.7 Å². The van der Waals surface area contributed by atoms with Gasteiger partial charge in [-0.05, 0) is 0 Å². The highest BCUT2D eigenvalue weighted by Crippen LogP contribution is 2.27. The highest BCUT2D eigenvalue weighted by molar-refractivity contribution is 6.78. The highest BCUT2D eigenvalue weighted by atomic mass is 28.3. The minimum atomic E-state index is -1.83. The average molecular weight is 380 g/mol. The van der Waals surface area contributed by atoms with Crippen LogP contribution >= 0.6 is 0 Å². The van der Waals surface area contributed by atoms with Crippen molar-refractivity contribution in [1.29, 1.82) is 0 Å². The fourth-order valence-corrected chi connectivity index (χ4v) is 9.27. The van der Waals surface area contributed by atoms with Gasteiger partial charge in [0.05, 0.1) is 21.2 Å². The standard InChI is InChI=1S/C19H33N3O3Si/c1-6-11-20-17(23)21(12-7-2)19(25)22(18(20)24)16-26(13-8-3,14-9-4)15-10-5/h6-7H,1-2,8-16H2,3-5H3. The average Bonchev–Trinajstić information content (AvgIpc) is 2.60. The van der Waals surface area contributed by atoms with E-state index in [1.54, 1.807) is 0 Å². The fraction of sp³-hybridized carbons (Fsp3) is 0.632. The maximum atomic E-state index is 12.9. The molecule has 0 N–H and O–H groups in total. The predicted octanol–water partition coefficient (Wildman–Crippen LogP) is 2.76. The molecule has 26 heavy (non-hydrogen) atoms. The van der Waals surface area contributed by atoms with Gasteiger partial charge in [0.25, 0.3) is 0 Å². The normalized spacial score (nSPS) is 11.5. The quantitative estimate of drug-likeness (QED) is 0.414. The molecule has 0 aliphatic rings. The van der Waals surface area contributed by atoms with Gasteiger partial charge in [0.1, 0.15) is 0 Å². The van der Waals surface area contributed by atoms with Gasteiger partial charge in [-0.15, -0.1) is 13.2 Å². The monoisotopic (exact) mass is 379 g/mol. The zero-order valence-corrected chi connectivity index (χ0v) is 17.5. The molecule has 0 atom stereocenters. The molecule has 1 aromatic rings. The van der Waals surface area contributed by atoms with E-state index in [9.17, 15) is 14.4 Å². The van der Waals surface area contributed by atoms with Crippen molar-refractivity contribution in [2.24, 2.45) is 0 Å². The van der Waals surface area contributed by atoms with Gasteiger partial charge in [-0.3, -0.25) is 0 Å². The maximum Gasteiger partial charge on any atom is 0.336 e. The summed E-state index contributed by atoms with van der Waals surface area (Å²) < 4.78 is 3.50. The molecule has 146 valence electrons. The first-order valence-corrected chi connectivity index (χ1v) is 12.4. The van der Waals surface area contributed by atoms with E-state index in [0.29, 0.717) is 6.17 Å². The number of hydrogen-bond donors (Lipinski definition) is 0. The first-order chi connectivity index (χ1) is 12.4. The molecule has 0 aromatic carbocycles. The molecule has 0 aliphatic heterocycles. The minimum Gasteiger partial charge on any atom is -0.248 e. The summed E-state index contributed by atoms with van der Waals surface area (Å²) in [7, 11) is -1.83. The van der Waals surface area contributed by atoms with E-state index in [1.165, 1.54) is 16.7 Å².